The third kappa shape index (κ3) is 5.81. The van der Waals surface area contributed by atoms with Crippen LogP contribution in [0.3, 0.4) is 0 Å². The number of nitrogens with zero attached hydrogens (tertiary/aromatic N) is 1. The Kier molecular flexibility index (Phi) is 8.20. The first-order valence-corrected chi connectivity index (χ1v) is 15.8. The van der Waals surface area contributed by atoms with E-state index in [0.717, 1.165) is 38.7 Å². The van der Waals surface area contributed by atoms with Gasteiger partial charge < -0.3 is 19.4 Å². The molecule has 1 atom stereocenters. The predicted octanol–water partition coefficient (Wildman–Crippen LogP) is 6.14. The third-order valence-corrected chi connectivity index (χ3v) is 9.90. The molecule has 0 fully saturated rings. The molecule has 4 aromatic rings. The number of hydrogen-bond acceptors (Lipinski definition) is 6. The molecule has 2 amide bonds. The topological polar surface area (TPSA) is 116 Å². The Balaban J connectivity index is 1.36. The van der Waals surface area contributed by atoms with Gasteiger partial charge in [-0.15, -0.1) is 0 Å². The van der Waals surface area contributed by atoms with Gasteiger partial charge in [-0.05, 0) is 101 Å². The van der Waals surface area contributed by atoms with E-state index in [1.165, 1.54) is 12.1 Å². The predicted molar refractivity (Wildman–Crippen MR) is 167 cm³/mol. The summed E-state index contributed by atoms with van der Waals surface area (Å²) in [4.78, 5) is 25.3. The van der Waals surface area contributed by atoms with E-state index in [1.54, 1.807) is 26.0 Å². The molecule has 1 aliphatic heterocycles. The Morgan fingerprint density at radius 2 is 1.77 bits per heavy atom. The van der Waals surface area contributed by atoms with Crippen LogP contribution in [0.4, 0.5) is 5.69 Å². The zero-order valence-corrected chi connectivity index (χ0v) is 26.5. The maximum atomic E-state index is 13.5. The summed E-state index contributed by atoms with van der Waals surface area (Å²) in [6, 6.07) is 12.0. The number of ether oxygens (including phenoxy) is 2. The number of amides is 2. The molecule has 0 radical (unpaired) electrons. The molecule has 43 heavy (non-hydrogen) atoms. The number of sulfonamides is 1. The van der Waals surface area contributed by atoms with Gasteiger partial charge in [0.2, 0.25) is 0 Å². The number of carbonyl (C=O) groups is 2. The number of aromatic nitrogens is 1. The lowest BCUT2D eigenvalue weighted by Crippen LogP contribution is -2.35. The summed E-state index contributed by atoms with van der Waals surface area (Å²) >= 11 is 6.27. The number of rotatable bonds is 8. The van der Waals surface area contributed by atoms with Gasteiger partial charge in [0.15, 0.2) is 6.10 Å². The van der Waals surface area contributed by atoms with Crippen molar-refractivity contribution in [3.8, 4) is 11.5 Å². The first-order chi connectivity index (χ1) is 20.3. The highest BCUT2D eigenvalue weighted by Crippen LogP contribution is 2.35. The van der Waals surface area contributed by atoms with E-state index in [2.05, 4.69) is 14.6 Å². The van der Waals surface area contributed by atoms with E-state index in [1.807, 2.05) is 45.9 Å². The first-order valence-electron chi connectivity index (χ1n) is 14.0. The van der Waals surface area contributed by atoms with Crippen LogP contribution in [0.15, 0.2) is 47.4 Å². The summed E-state index contributed by atoms with van der Waals surface area (Å²) in [5.41, 5.74) is 5.64. The summed E-state index contributed by atoms with van der Waals surface area (Å²) in [6.45, 7) is 12.1. The molecule has 0 saturated heterocycles. The molecule has 0 aliphatic carbocycles. The van der Waals surface area contributed by atoms with Crippen LogP contribution < -0.4 is 19.5 Å². The number of anilines is 1. The molecule has 2 heterocycles. The average Bonchev–Trinajstić information content (AvgIpc) is 3.19. The van der Waals surface area contributed by atoms with Gasteiger partial charge in [-0.1, -0.05) is 17.7 Å². The van der Waals surface area contributed by atoms with Gasteiger partial charge >= 0.3 is 0 Å². The van der Waals surface area contributed by atoms with Crippen molar-refractivity contribution < 1.29 is 27.5 Å². The number of fused-ring (bicyclic) bond motifs is 2. The van der Waals surface area contributed by atoms with Crippen molar-refractivity contribution in [3.05, 3.63) is 81.0 Å². The second kappa shape index (κ2) is 11.6. The van der Waals surface area contributed by atoms with Crippen LogP contribution in [0, 0.1) is 34.6 Å². The minimum Gasteiger partial charge on any atom is -0.494 e. The Morgan fingerprint density at radius 3 is 2.47 bits per heavy atom. The lowest BCUT2D eigenvalue weighted by atomic mass is 10.1. The second-order valence-corrected chi connectivity index (χ2v) is 13.0. The van der Waals surface area contributed by atoms with E-state index in [-0.39, 0.29) is 22.1 Å². The number of carbonyl (C=O) groups excluding carboxylic acids is 2. The van der Waals surface area contributed by atoms with Crippen LogP contribution in [0.2, 0.25) is 5.02 Å². The number of halogens is 1. The molecule has 1 aliphatic rings. The highest BCUT2D eigenvalue weighted by Gasteiger charge is 2.29. The summed E-state index contributed by atoms with van der Waals surface area (Å²) in [6.07, 6.45) is -0.0560. The lowest BCUT2D eigenvalue weighted by molar-refractivity contribution is -0.122. The largest absolute Gasteiger partial charge is 0.494 e. The van der Waals surface area contributed by atoms with E-state index < -0.39 is 22.0 Å². The van der Waals surface area contributed by atoms with Crippen LogP contribution >= 0.6 is 11.6 Å². The highest BCUT2D eigenvalue weighted by atomic mass is 35.5. The van der Waals surface area contributed by atoms with Crippen LogP contribution in [-0.2, 0) is 21.4 Å². The standard InChI is InChI=1S/C32H34ClN3O6S/c1-17-15-25-27(42-22(6)31(37)34-25)16-28(17)43(39,40)35-32(38)24-9-7-10-26-29(24)20(4)21(5)36(26)11-8-12-41-23-13-18(2)30(33)19(3)14-23/h7,9-10,13-16,22H,8,11-12H2,1-6H3,(H,34,37)(H,35,38)/t22-/m1/s1. The number of benzene rings is 3. The molecule has 9 nitrogen and oxygen atoms in total. The van der Waals surface area contributed by atoms with Crippen molar-refractivity contribution in [1.29, 1.82) is 0 Å². The van der Waals surface area contributed by atoms with Crippen molar-refractivity contribution >= 4 is 50.0 Å². The summed E-state index contributed by atoms with van der Waals surface area (Å²) in [7, 11) is -4.26. The quantitative estimate of drug-likeness (QED) is 0.228. The van der Waals surface area contributed by atoms with Gasteiger partial charge in [0, 0.05) is 34.2 Å². The number of hydrogen-bond donors (Lipinski definition) is 2. The summed E-state index contributed by atoms with van der Waals surface area (Å²) in [5, 5.41) is 4.13. The van der Waals surface area contributed by atoms with E-state index in [4.69, 9.17) is 21.1 Å². The van der Waals surface area contributed by atoms with Crippen molar-refractivity contribution in [3.63, 3.8) is 0 Å². The maximum absolute atomic E-state index is 13.5. The van der Waals surface area contributed by atoms with Gasteiger partial charge in [-0.3, -0.25) is 9.59 Å². The molecule has 0 saturated carbocycles. The van der Waals surface area contributed by atoms with Gasteiger partial charge in [-0.2, -0.15) is 0 Å². The normalized spacial score (nSPS) is 14.7. The fourth-order valence-electron chi connectivity index (χ4n) is 5.47. The van der Waals surface area contributed by atoms with Gasteiger partial charge in [0.25, 0.3) is 21.8 Å². The third-order valence-electron chi connectivity index (χ3n) is 7.83. The van der Waals surface area contributed by atoms with Crippen molar-refractivity contribution in [2.45, 2.75) is 65.5 Å². The zero-order valence-electron chi connectivity index (χ0n) is 24.9. The molecule has 1 aromatic heterocycles. The Labute approximate surface area is 256 Å². The molecule has 3 aromatic carbocycles. The molecule has 0 unspecified atom stereocenters. The molecule has 0 bridgehead atoms. The number of aryl methyl sites for hydroxylation is 5. The second-order valence-electron chi connectivity index (χ2n) is 10.9. The van der Waals surface area contributed by atoms with Crippen LogP contribution in [0.25, 0.3) is 10.9 Å². The lowest BCUT2D eigenvalue weighted by Gasteiger charge is -2.24. The van der Waals surface area contributed by atoms with E-state index in [9.17, 15) is 18.0 Å². The van der Waals surface area contributed by atoms with Crippen molar-refractivity contribution in [1.82, 2.24) is 9.29 Å². The Morgan fingerprint density at radius 1 is 1.07 bits per heavy atom. The zero-order chi connectivity index (χ0) is 31.2. The molecular formula is C32H34ClN3O6S. The van der Waals surface area contributed by atoms with Crippen molar-refractivity contribution in [2.24, 2.45) is 0 Å². The fourth-order valence-corrected chi connectivity index (χ4v) is 6.79. The molecule has 5 rings (SSSR count). The van der Waals surface area contributed by atoms with Crippen LogP contribution in [-0.4, -0.2) is 37.5 Å². The summed E-state index contributed by atoms with van der Waals surface area (Å²) in [5.74, 6) is -0.0607. The molecule has 226 valence electrons. The first kappa shape index (κ1) is 30.4. The van der Waals surface area contributed by atoms with E-state index in [0.29, 0.717) is 36.2 Å². The smallest absolute Gasteiger partial charge is 0.265 e. The van der Waals surface area contributed by atoms with E-state index >= 15 is 0 Å². The maximum Gasteiger partial charge on any atom is 0.265 e. The highest BCUT2D eigenvalue weighted by molar-refractivity contribution is 7.90. The molecule has 11 heteroatoms. The molecule has 0 spiro atoms. The summed E-state index contributed by atoms with van der Waals surface area (Å²) < 4.78 is 42.8. The SMILES string of the molecule is Cc1cc2c(cc1S(=O)(=O)NC(=O)c1cccc3c1c(C)c(C)n3CCCOc1cc(C)c(Cl)c(C)c1)O[C@H](C)C(=O)N2. The average molecular weight is 624 g/mol. The van der Waals surface area contributed by atoms with Gasteiger partial charge in [-0.25, -0.2) is 13.1 Å². The van der Waals surface area contributed by atoms with Crippen molar-refractivity contribution in [2.75, 3.05) is 11.9 Å². The van der Waals surface area contributed by atoms with Gasteiger partial charge in [0.1, 0.15) is 11.5 Å². The van der Waals surface area contributed by atoms with Crippen LogP contribution in [0.5, 0.6) is 11.5 Å². The molecular weight excluding hydrogens is 590 g/mol. The monoisotopic (exact) mass is 623 g/mol. The Hall–Kier alpha value is -4.02. The fraction of sp³-hybridized carbons (Fsp3) is 0.312. The molecule has 2 N–H and O–H groups in total. The minimum atomic E-state index is -4.26. The minimum absolute atomic E-state index is 0.105. The van der Waals surface area contributed by atoms with Crippen LogP contribution in [0.1, 0.15) is 51.7 Å². The Bertz CT molecular complexity index is 1870. The van der Waals surface area contributed by atoms with Gasteiger partial charge in [0.05, 0.1) is 22.8 Å². The number of nitrogens with one attached hydrogen (secondary N) is 2.